The molecule has 1 amide bonds. The van der Waals surface area contributed by atoms with Crippen molar-refractivity contribution < 1.29 is 14.3 Å². The number of hydrogen-bond donors (Lipinski definition) is 1. The topological polar surface area (TPSA) is 85.7 Å². The molecule has 1 fully saturated rings. The van der Waals surface area contributed by atoms with Crippen LogP contribution in [0.25, 0.3) is 0 Å². The molecule has 1 atom stereocenters. The highest BCUT2D eigenvalue weighted by molar-refractivity contribution is 5.92. The molecule has 0 bridgehead atoms. The molecule has 1 aromatic carbocycles. The number of morpholine rings is 1. The average molecular weight is 400 g/mol. The van der Waals surface area contributed by atoms with Crippen molar-refractivity contribution in [1.29, 1.82) is 0 Å². The second-order valence-electron chi connectivity index (χ2n) is 6.93. The minimum absolute atomic E-state index is 0.00954. The summed E-state index contributed by atoms with van der Waals surface area (Å²) in [5.74, 6) is 0.502. The predicted octanol–water partition coefficient (Wildman–Crippen LogP) is 1.47. The Morgan fingerprint density at radius 1 is 1.21 bits per heavy atom. The first kappa shape index (κ1) is 21.0. The van der Waals surface area contributed by atoms with Crippen LogP contribution in [0.2, 0.25) is 0 Å². The van der Waals surface area contributed by atoms with Crippen molar-refractivity contribution in [3.8, 4) is 5.75 Å². The highest BCUT2D eigenvalue weighted by Gasteiger charge is 2.24. The molecule has 1 saturated heterocycles. The van der Waals surface area contributed by atoms with Gasteiger partial charge in [0, 0.05) is 32.2 Å². The van der Waals surface area contributed by atoms with Crippen LogP contribution in [-0.2, 0) is 11.3 Å². The lowest BCUT2D eigenvalue weighted by atomic mass is 10.0. The first-order valence-corrected chi connectivity index (χ1v) is 9.94. The largest absolute Gasteiger partial charge is 0.497 e. The smallest absolute Gasteiger partial charge is 0.271 e. The maximum Gasteiger partial charge on any atom is 0.271 e. The summed E-state index contributed by atoms with van der Waals surface area (Å²) in [5.41, 5.74) is 1.14. The third-order valence-electron chi connectivity index (χ3n) is 4.98. The van der Waals surface area contributed by atoms with Gasteiger partial charge in [-0.2, -0.15) is 5.10 Å². The molecule has 0 radical (unpaired) electrons. The Morgan fingerprint density at radius 3 is 2.59 bits per heavy atom. The fourth-order valence-corrected chi connectivity index (χ4v) is 3.39. The van der Waals surface area contributed by atoms with Crippen molar-refractivity contribution >= 4 is 5.91 Å². The van der Waals surface area contributed by atoms with Crippen LogP contribution < -0.4 is 15.6 Å². The molecule has 29 heavy (non-hydrogen) atoms. The lowest BCUT2D eigenvalue weighted by Crippen LogP contribution is -2.44. The maximum absolute atomic E-state index is 12.7. The van der Waals surface area contributed by atoms with E-state index in [-0.39, 0.29) is 23.2 Å². The van der Waals surface area contributed by atoms with Crippen LogP contribution in [0, 0.1) is 0 Å². The fraction of sp³-hybridized carbons (Fsp3) is 0.476. The van der Waals surface area contributed by atoms with Gasteiger partial charge in [-0.25, -0.2) is 4.68 Å². The van der Waals surface area contributed by atoms with Crippen LogP contribution in [0.15, 0.2) is 41.2 Å². The Balaban J connectivity index is 1.74. The lowest BCUT2D eigenvalue weighted by molar-refractivity contribution is 0.0162. The fourth-order valence-electron chi connectivity index (χ4n) is 3.39. The SMILES string of the molecule is CCCn1nc(C(=O)NCC(c2ccc(OC)cc2)N2CCOCC2)ccc1=O. The summed E-state index contributed by atoms with van der Waals surface area (Å²) >= 11 is 0. The van der Waals surface area contributed by atoms with Gasteiger partial charge in [0.05, 0.1) is 26.4 Å². The van der Waals surface area contributed by atoms with Crippen LogP contribution in [0.3, 0.4) is 0 Å². The molecule has 156 valence electrons. The van der Waals surface area contributed by atoms with E-state index in [1.54, 1.807) is 7.11 Å². The van der Waals surface area contributed by atoms with Gasteiger partial charge in [-0.05, 0) is 30.2 Å². The predicted molar refractivity (Wildman–Crippen MR) is 109 cm³/mol. The zero-order valence-electron chi connectivity index (χ0n) is 17.0. The maximum atomic E-state index is 12.7. The Labute approximate surface area is 170 Å². The summed E-state index contributed by atoms with van der Waals surface area (Å²) in [6.07, 6.45) is 0.772. The van der Waals surface area contributed by atoms with Crippen molar-refractivity contribution in [3.05, 3.63) is 58.0 Å². The number of aromatic nitrogens is 2. The van der Waals surface area contributed by atoms with Gasteiger partial charge in [-0.1, -0.05) is 19.1 Å². The quantitative estimate of drug-likeness (QED) is 0.722. The van der Waals surface area contributed by atoms with Crippen LogP contribution >= 0.6 is 0 Å². The van der Waals surface area contributed by atoms with Gasteiger partial charge in [0.1, 0.15) is 11.4 Å². The number of nitrogens with zero attached hydrogens (tertiary/aromatic N) is 3. The summed E-state index contributed by atoms with van der Waals surface area (Å²) in [6.45, 7) is 5.82. The summed E-state index contributed by atoms with van der Waals surface area (Å²) in [4.78, 5) is 26.8. The van der Waals surface area contributed by atoms with E-state index in [1.807, 2.05) is 31.2 Å². The number of benzene rings is 1. The van der Waals surface area contributed by atoms with Gasteiger partial charge in [0.25, 0.3) is 11.5 Å². The summed E-state index contributed by atoms with van der Waals surface area (Å²) in [5, 5.41) is 7.17. The van der Waals surface area contributed by atoms with E-state index in [0.29, 0.717) is 26.3 Å². The molecule has 1 aromatic heterocycles. The highest BCUT2D eigenvalue weighted by Crippen LogP contribution is 2.23. The molecule has 2 aromatic rings. The zero-order valence-corrected chi connectivity index (χ0v) is 17.0. The number of ether oxygens (including phenoxy) is 2. The normalized spacial score (nSPS) is 15.7. The zero-order chi connectivity index (χ0) is 20.6. The molecule has 8 heteroatoms. The molecule has 0 saturated carbocycles. The van der Waals surface area contributed by atoms with Crippen LogP contribution in [-0.4, -0.2) is 60.5 Å². The first-order valence-electron chi connectivity index (χ1n) is 9.94. The van der Waals surface area contributed by atoms with Gasteiger partial charge >= 0.3 is 0 Å². The van der Waals surface area contributed by atoms with Crippen molar-refractivity contribution in [3.63, 3.8) is 0 Å². The minimum Gasteiger partial charge on any atom is -0.497 e. The van der Waals surface area contributed by atoms with E-state index >= 15 is 0 Å². The van der Waals surface area contributed by atoms with Crippen molar-refractivity contribution in [1.82, 2.24) is 20.0 Å². The van der Waals surface area contributed by atoms with Crippen LogP contribution in [0.5, 0.6) is 5.75 Å². The van der Waals surface area contributed by atoms with Crippen LogP contribution in [0.1, 0.15) is 35.4 Å². The molecule has 3 rings (SSSR count). The Hall–Kier alpha value is -2.71. The number of rotatable bonds is 8. The van der Waals surface area contributed by atoms with E-state index < -0.39 is 0 Å². The summed E-state index contributed by atoms with van der Waals surface area (Å²) < 4.78 is 12.1. The number of amides is 1. The number of aryl methyl sites for hydroxylation is 1. The first-order chi connectivity index (χ1) is 14.1. The second-order valence-corrected chi connectivity index (χ2v) is 6.93. The number of carbonyl (C=O) groups is 1. The molecule has 8 nitrogen and oxygen atoms in total. The molecule has 0 spiro atoms. The van der Waals surface area contributed by atoms with Gasteiger partial charge < -0.3 is 14.8 Å². The van der Waals surface area contributed by atoms with Gasteiger partial charge in [-0.3, -0.25) is 14.5 Å². The number of hydrogen-bond acceptors (Lipinski definition) is 6. The number of methoxy groups -OCH3 is 1. The average Bonchev–Trinajstić information content (AvgIpc) is 2.76. The van der Waals surface area contributed by atoms with Gasteiger partial charge in [0.2, 0.25) is 0 Å². The molecule has 2 heterocycles. The molecule has 1 aliphatic rings. The molecular weight excluding hydrogens is 372 g/mol. The third-order valence-corrected chi connectivity index (χ3v) is 4.98. The summed E-state index contributed by atoms with van der Waals surface area (Å²) in [6, 6.07) is 10.8. The lowest BCUT2D eigenvalue weighted by Gasteiger charge is -2.35. The molecule has 1 unspecified atom stereocenters. The molecule has 1 N–H and O–H groups in total. The van der Waals surface area contributed by atoms with Crippen molar-refractivity contribution in [2.45, 2.75) is 25.9 Å². The number of carbonyl (C=O) groups excluding carboxylic acids is 1. The third kappa shape index (κ3) is 5.42. The van der Waals surface area contributed by atoms with Crippen LogP contribution in [0.4, 0.5) is 0 Å². The second kappa shape index (κ2) is 10.2. The van der Waals surface area contributed by atoms with E-state index in [2.05, 4.69) is 15.3 Å². The summed E-state index contributed by atoms with van der Waals surface area (Å²) in [7, 11) is 1.64. The Morgan fingerprint density at radius 2 is 1.93 bits per heavy atom. The van der Waals surface area contributed by atoms with E-state index in [0.717, 1.165) is 30.8 Å². The monoisotopic (exact) mass is 400 g/mol. The van der Waals surface area contributed by atoms with Crippen molar-refractivity contribution in [2.75, 3.05) is 40.0 Å². The molecule has 0 aliphatic carbocycles. The highest BCUT2D eigenvalue weighted by atomic mass is 16.5. The molecule has 1 aliphatic heterocycles. The Bertz CT molecular complexity index is 860. The van der Waals surface area contributed by atoms with E-state index in [1.165, 1.54) is 16.8 Å². The minimum atomic E-state index is -0.290. The van der Waals surface area contributed by atoms with E-state index in [9.17, 15) is 9.59 Å². The van der Waals surface area contributed by atoms with Gasteiger partial charge in [-0.15, -0.1) is 0 Å². The Kier molecular flexibility index (Phi) is 7.37. The standard InChI is InChI=1S/C21H28N4O4/c1-3-10-25-20(26)9-8-18(23-25)21(27)22-15-19(24-11-13-29-14-12-24)16-4-6-17(28-2)7-5-16/h4-9,19H,3,10-15H2,1-2H3,(H,22,27). The van der Waals surface area contributed by atoms with Crippen molar-refractivity contribution in [2.24, 2.45) is 0 Å². The number of nitrogens with one attached hydrogen (secondary N) is 1. The van der Waals surface area contributed by atoms with E-state index in [4.69, 9.17) is 9.47 Å². The molecular formula is C21H28N4O4. The van der Waals surface area contributed by atoms with Gasteiger partial charge in [0.15, 0.2) is 0 Å².